The van der Waals surface area contributed by atoms with Crippen LogP contribution in [0, 0.1) is 5.92 Å². The fraction of sp³-hybridized carbons (Fsp3) is 0.562. The maximum Gasteiger partial charge on any atom is 0.312 e. The first-order valence-corrected chi connectivity index (χ1v) is 7.17. The summed E-state index contributed by atoms with van der Waals surface area (Å²) in [6.45, 7) is 6.81. The van der Waals surface area contributed by atoms with Crippen molar-refractivity contribution in [2.75, 3.05) is 26.3 Å². The van der Waals surface area contributed by atoms with Crippen molar-refractivity contribution < 1.29 is 14.6 Å². The van der Waals surface area contributed by atoms with Gasteiger partial charge in [-0.05, 0) is 17.9 Å². The zero-order valence-electron chi connectivity index (χ0n) is 12.3. The third-order valence-electron chi connectivity index (χ3n) is 3.11. The second-order valence-electron chi connectivity index (χ2n) is 5.30. The summed E-state index contributed by atoms with van der Waals surface area (Å²) < 4.78 is 5.48. The van der Waals surface area contributed by atoms with Crippen LogP contribution in [0.15, 0.2) is 30.3 Å². The Morgan fingerprint density at radius 1 is 1.25 bits per heavy atom. The van der Waals surface area contributed by atoms with Crippen molar-refractivity contribution in [2.45, 2.75) is 26.2 Å². The highest BCUT2D eigenvalue weighted by molar-refractivity contribution is 5.76. The van der Waals surface area contributed by atoms with Gasteiger partial charge >= 0.3 is 5.97 Å². The maximum absolute atomic E-state index is 11.3. The van der Waals surface area contributed by atoms with E-state index in [0.29, 0.717) is 25.6 Å². The zero-order valence-corrected chi connectivity index (χ0v) is 12.3. The summed E-state index contributed by atoms with van der Waals surface area (Å²) in [5, 5.41) is 12.4. The van der Waals surface area contributed by atoms with E-state index < -0.39 is 11.9 Å². The van der Waals surface area contributed by atoms with Crippen LogP contribution in [0.5, 0.6) is 0 Å². The number of ether oxygens (including phenoxy) is 1. The number of carboxylic acid groups (broad SMARTS) is 1. The van der Waals surface area contributed by atoms with Crippen LogP contribution in [-0.2, 0) is 9.53 Å². The number of benzene rings is 1. The van der Waals surface area contributed by atoms with Crippen LogP contribution < -0.4 is 5.32 Å². The van der Waals surface area contributed by atoms with Crippen molar-refractivity contribution in [1.82, 2.24) is 5.32 Å². The van der Waals surface area contributed by atoms with E-state index in [9.17, 15) is 9.90 Å². The Hall–Kier alpha value is -1.39. The van der Waals surface area contributed by atoms with Gasteiger partial charge < -0.3 is 15.2 Å². The lowest BCUT2D eigenvalue weighted by Crippen LogP contribution is -2.29. The molecule has 0 spiro atoms. The molecular weight excluding hydrogens is 254 g/mol. The van der Waals surface area contributed by atoms with Crippen molar-refractivity contribution >= 4 is 5.97 Å². The van der Waals surface area contributed by atoms with Gasteiger partial charge in [0, 0.05) is 19.7 Å². The predicted octanol–water partition coefficient (Wildman–Crippen LogP) is 2.51. The van der Waals surface area contributed by atoms with Gasteiger partial charge in [-0.3, -0.25) is 4.79 Å². The van der Waals surface area contributed by atoms with Gasteiger partial charge in [0.1, 0.15) is 0 Å². The molecule has 0 fully saturated rings. The second kappa shape index (κ2) is 9.50. The molecule has 1 aromatic rings. The molecule has 0 aromatic heterocycles. The van der Waals surface area contributed by atoms with E-state index in [0.717, 1.165) is 18.6 Å². The summed E-state index contributed by atoms with van der Waals surface area (Å²) >= 11 is 0. The highest BCUT2D eigenvalue weighted by Gasteiger charge is 2.18. The molecule has 0 aliphatic heterocycles. The van der Waals surface area contributed by atoms with E-state index in [1.165, 1.54) is 0 Å². The predicted molar refractivity (Wildman–Crippen MR) is 80.0 cm³/mol. The number of hydrogen-bond acceptors (Lipinski definition) is 3. The fourth-order valence-corrected chi connectivity index (χ4v) is 1.84. The maximum atomic E-state index is 11.3. The standard InChI is InChI=1S/C16H25NO3/c1-13(2)8-10-20-11-9-17-12-15(16(18)19)14-6-4-3-5-7-14/h3-7,13,15,17H,8-12H2,1-2H3,(H,18,19). The average molecular weight is 279 g/mol. The molecule has 20 heavy (non-hydrogen) atoms. The molecule has 1 aromatic carbocycles. The molecular formula is C16H25NO3. The van der Waals surface area contributed by atoms with E-state index in [1.807, 2.05) is 30.3 Å². The number of rotatable bonds is 10. The van der Waals surface area contributed by atoms with E-state index in [1.54, 1.807) is 0 Å². The van der Waals surface area contributed by atoms with Crippen molar-refractivity contribution in [3.8, 4) is 0 Å². The first kappa shape index (κ1) is 16.7. The Kier molecular flexibility index (Phi) is 7.92. The van der Waals surface area contributed by atoms with Crippen molar-refractivity contribution in [2.24, 2.45) is 5.92 Å². The molecule has 4 heteroatoms. The van der Waals surface area contributed by atoms with Crippen LogP contribution >= 0.6 is 0 Å². The molecule has 0 aliphatic rings. The van der Waals surface area contributed by atoms with Crippen LogP contribution in [0.1, 0.15) is 31.7 Å². The van der Waals surface area contributed by atoms with Crippen LogP contribution in [0.25, 0.3) is 0 Å². The molecule has 1 rings (SSSR count). The molecule has 0 bridgehead atoms. The van der Waals surface area contributed by atoms with Crippen LogP contribution in [-0.4, -0.2) is 37.4 Å². The molecule has 4 nitrogen and oxygen atoms in total. The highest BCUT2D eigenvalue weighted by atomic mass is 16.5. The third-order valence-corrected chi connectivity index (χ3v) is 3.11. The van der Waals surface area contributed by atoms with Gasteiger partial charge in [0.05, 0.1) is 12.5 Å². The van der Waals surface area contributed by atoms with Gasteiger partial charge in [-0.2, -0.15) is 0 Å². The SMILES string of the molecule is CC(C)CCOCCNCC(C(=O)O)c1ccccc1. The lowest BCUT2D eigenvalue weighted by Gasteiger charge is -2.14. The smallest absolute Gasteiger partial charge is 0.312 e. The largest absolute Gasteiger partial charge is 0.481 e. The molecule has 0 saturated carbocycles. The van der Waals surface area contributed by atoms with Crippen LogP contribution in [0.2, 0.25) is 0 Å². The monoisotopic (exact) mass is 279 g/mol. The Bertz CT molecular complexity index is 379. The average Bonchev–Trinajstić information content (AvgIpc) is 2.42. The summed E-state index contributed by atoms with van der Waals surface area (Å²) in [6, 6.07) is 9.30. The van der Waals surface area contributed by atoms with Gasteiger partial charge in [0.2, 0.25) is 0 Å². The Balaban J connectivity index is 2.23. The van der Waals surface area contributed by atoms with Crippen molar-refractivity contribution in [3.63, 3.8) is 0 Å². The number of aliphatic carboxylic acids is 1. The molecule has 0 amide bonds. The highest BCUT2D eigenvalue weighted by Crippen LogP contribution is 2.14. The summed E-state index contributed by atoms with van der Waals surface area (Å²) in [6.07, 6.45) is 1.06. The zero-order chi connectivity index (χ0) is 14.8. The Labute approximate surface area is 121 Å². The number of nitrogens with one attached hydrogen (secondary N) is 1. The molecule has 112 valence electrons. The lowest BCUT2D eigenvalue weighted by molar-refractivity contribution is -0.138. The van der Waals surface area contributed by atoms with Gasteiger partial charge in [0.15, 0.2) is 0 Å². The number of carboxylic acids is 1. The molecule has 2 N–H and O–H groups in total. The first-order chi connectivity index (χ1) is 9.61. The molecule has 0 heterocycles. The first-order valence-electron chi connectivity index (χ1n) is 7.17. The van der Waals surface area contributed by atoms with Gasteiger partial charge in [-0.1, -0.05) is 44.2 Å². The normalized spacial score (nSPS) is 12.6. The molecule has 1 unspecified atom stereocenters. The number of carbonyl (C=O) groups is 1. The molecule has 0 saturated heterocycles. The Morgan fingerprint density at radius 2 is 1.95 bits per heavy atom. The summed E-state index contributed by atoms with van der Waals surface area (Å²) in [5.74, 6) is -0.659. The van der Waals surface area contributed by atoms with Gasteiger partial charge in [0.25, 0.3) is 0 Å². The van der Waals surface area contributed by atoms with E-state index >= 15 is 0 Å². The topological polar surface area (TPSA) is 58.6 Å². The Morgan fingerprint density at radius 3 is 2.55 bits per heavy atom. The second-order valence-corrected chi connectivity index (χ2v) is 5.30. The molecule has 0 radical (unpaired) electrons. The molecule has 0 aliphatic carbocycles. The van der Waals surface area contributed by atoms with Crippen LogP contribution in [0.3, 0.4) is 0 Å². The minimum atomic E-state index is -0.801. The number of hydrogen-bond donors (Lipinski definition) is 2. The van der Waals surface area contributed by atoms with Gasteiger partial charge in [-0.15, -0.1) is 0 Å². The summed E-state index contributed by atoms with van der Waals surface area (Å²) in [5.41, 5.74) is 0.827. The fourth-order valence-electron chi connectivity index (χ4n) is 1.84. The third kappa shape index (κ3) is 6.68. The summed E-state index contributed by atoms with van der Waals surface area (Å²) in [7, 11) is 0. The minimum Gasteiger partial charge on any atom is -0.481 e. The van der Waals surface area contributed by atoms with E-state index in [-0.39, 0.29) is 0 Å². The van der Waals surface area contributed by atoms with E-state index in [4.69, 9.17) is 4.74 Å². The lowest BCUT2D eigenvalue weighted by atomic mass is 9.99. The summed E-state index contributed by atoms with van der Waals surface area (Å²) in [4.78, 5) is 11.3. The van der Waals surface area contributed by atoms with Gasteiger partial charge in [-0.25, -0.2) is 0 Å². The van der Waals surface area contributed by atoms with E-state index in [2.05, 4.69) is 19.2 Å². The minimum absolute atomic E-state index is 0.423. The quantitative estimate of drug-likeness (QED) is 0.646. The molecule has 1 atom stereocenters. The van der Waals surface area contributed by atoms with Crippen LogP contribution in [0.4, 0.5) is 0 Å². The van der Waals surface area contributed by atoms with Crippen molar-refractivity contribution in [1.29, 1.82) is 0 Å². The van der Waals surface area contributed by atoms with Crippen molar-refractivity contribution in [3.05, 3.63) is 35.9 Å².